The van der Waals surface area contributed by atoms with E-state index in [-0.39, 0.29) is 16.8 Å². The molecule has 0 amide bonds. The Morgan fingerprint density at radius 1 is 0.829 bits per heavy atom. The highest BCUT2D eigenvalue weighted by molar-refractivity contribution is 5.72. The summed E-state index contributed by atoms with van der Waals surface area (Å²) in [6.07, 6.45) is 6.91. The fraction of sp³-hybridized carbons (Fsp3) is 0.207. The summed E-state index contributed by atoms with van der Waals surface area (Å²) in [6, 6.07) is 7.27. The molecule has 0 saturated heterocycles. The fourth-order valence-electron chi connectivity index (χ4n) is 5.07. The Hall–Kier alpha value is -4.87. The molecule has 0 spiro atoms. The van der Waals surface area contributed by atoms with Gasteiger partial charge >= 0.3 is 0 Å². The van der Waals surface area contributed by atoms with Gasteiger partial charge in [-0.2, -0.15) is 10.1 Å². The number of halogens is 4. The highest BCUT2D eigenvalue weighted by atomic mass is 19.3. The van der Waals surface area contributed by atoms with E-state index in [9.17, 15) is 13.2 Å². The van der Waals surface area contributed by atoms with Gasteiger partial charge in [-0.25, -0.2) is 27.1 Å². The summed E-state index contributed by atoms with van der Waals surface area (Å²) in [5.41, 5.74) is 4.19. The van der Waals surface area contributed by atoms with Gasteiger partial charge < -0.3 is 0 Å². The van der Waals surface area contributed by atoms with Gasteiger partial charge in [0.15, 0.2) is 11.5 Å². The molecule has 41 heavy (non-hydrogen) atoms. The number of aromatic nitrogens is 8. The molecular weight excluding hydrogens is 536 g/mol. The lowest BCUT2D eigenvalue weighted by atomic mass is 10.0. The number of alkyl halides is 2. The van der Waals surface area contributed by atoms with Crippen LogP contribution >= 0.6 is 0 Å². The Kier molecular flexibility index (Phi) is 6.20. The SMILES string of the molecule is Cc1c(-c2cncc(-c3cnn(C(c4ccc(F)cc4)C(C)(F)F)c3)n2)c(F)cn2nc(-n3c(C)ccc3C)nc12. The first-order valence-corrected chi connectivity index (χ1v) is 12.7. The van der Waals surface area contributed by atoms with Gasteiger partial charge in [-0.15, -0.1) is 5.10 Å². The summed E-state index contributed by atoms with van der Waals surface area (Å²) in [7, 11) is 0. The lowest BCUT2D eigenvalue weighted by Crippen LogP contribution is -2.29. The molecule has 0 radical (unpaired) electrons. The Labute approximate surface area is 232 Å². The molecule has 8 nitrogen and oxygen atoms in total. The minimum absolute atomic E-state index is 0.192. The average Bonchev–Trinajstić information content (AvgIpc) is 3.64. The van der Waals surface area contributed by atoms with Crippen molar-refractivity contribution in [3.8, 4) is 28.5 Å². The maximum atomic E-state index is 15.5. The van der Waals surface area contributed by atoms with Crippen molar-refractivity contribution >= 4 is 5.65 Å². The minimum Gasteiger partial charge on any atom is -0.286 e. The van der Waals surface area contributed by atoms with Crippen molar-refractivity contribution in [1.82, 2.24) is 38.9 Å². The largest absolute Gasteiger partial charge is 0.286 e. The maximum absolute atomic E-state index is 15.5. The van der Waals surface area contributed by atoms with E-state index >= 15 is 4.39 Å². The van der Waals surface area contributed by atoms with E-state index in [2.05, 4.69) is 25.1 Å². The molecular formula is C29H24F4N8. The van der Waals surface area contributed by atoms with Crippen LogP contribution < -0.4 is 0 Å². The number of rotatable bonds is 6. The Balaban J connectivity index is 1.39. The summed E-state index contributed by atoms with van der Waals surface area (Å²) < 4.78 is 62.6. The fourth-order valence-corrected chi connectivity index (χ4v) is 5.07. The number of aryl methyl sites for hydroxylation is 3. The molecule has 5 aromatic heterocycles. The van der Waals surface area contributed by atoms with E-state index in [1.807, 2.05) is 30.5 Å². The van der Waals surface area contributed by atoms with Crippen LogP contribution in [0.15, 0.2) is 67.4 Å². The lowest BCUT2D eigenvalue weighted by molar-refractivity contribution is -0.0217. The number of nitrogens with zero attached hydrogens (tertiary/aromatic N) is 8. The van der Waals surface area contributed by atoms with Gasteiger partial charge in [-0.3, -0.25) is 14.2 Å². The first-order chi connectivity index (χ1) is 19.5. The first-order valence-electron chi connectivity index (χ1n) is 12.7. The second kappa shape index (κ2) is 9.65. The molecule has 12 heteroatoms. The predicted molar refractivity (Wildman–Crippen MR) is 144 cm³/mol. The van der Waals surface area contributed by atoms with E-state index in [1.54, 1.807) is 6.92 Å². The summed E-state index contributed by atoms with van der Waals surface area (Å²) >= 11 is 0. The average molecular weight is 561 g/mol. The molecule has 0 saturated carbocycles. The highest BCUT2D eigenvalue weighted by Gasteiger charge is 2.38. The molecule has 0 aliphatic heterocycles. The van der Waals surface area contributed by atoms with Crippen LogP contribution in [0.5, 0.6) is 0 Å². The Morgan fingerprint density at radius 3 is 2.20 bits per heavy atom. The van der Waals surface area contributed by atoms with Crippen molar-refractivity contribution < 1.29 is 17.6 Å². The van der Waals surface area contributed by atoms with Crippen molar-refractivity contribution in [3.63, 3.8) is 0 Å². The summed E-state index contributed by atoms with van der Waals surface area (Å²) in [6.45, 7) is 6.37. The zero-order valence-electron chi connectivity index (χ0n) is 22.5. The van der Waals surface area contributed by atoms with Crippen LogP contribution in [0.4, 0.5) is 17.6 Å². The van der Waals surface area contributed by atoms with Gasteiger partial charge in [0, 0.05) is 41.2 Å². The Morgan fingerprint density at radius 2 is 1.51 bits per heavy atom. The molecule has 1 unspecified atom stereocenters. The van der Waals surface area contributed by atoms with Crippen molar-refractivity contribution in [2.45, 2.75) is 39.7 Å². The minimum atomic E-state index is -3.21. The number of hydrogen-bond acceptors (Lipinski definition) is 5. The summed E-state index contributed by atoms with van der Waals surface area (Å²) in [5, 5.41) is 8.62. The maximum Gasteiger partial charge on any atom is 0.271 e. The van der Waals surface area contributed by atoms with E-state index < -0.39 is 23.6 Å². The quantitative estimate of drug-likeness (QED) is 0.224. The van der Waals surface area contributed by atoms with Crippen molar-refractivity contribution in [2.75, 3.05) is 0 Å². The zero-order chi connectivity index (χ0) is 29.1. The van der Waals surface area contributed by atoms with E-state index in [1.165, 1.54) is 47.6 Å². The molecule has 5 heterocycles. The highest BCUT2D eigenvalue weighted by Crippen LogP contribution is 2.35. The molecule has 1 aromatic carbocycles. The molecule has 208 valence electrons. The van der Waals surface area contributed by atoms with Crippen molar-refractivity contribution in [3.05, 3.63) is 102 Å². The molecule has 0 aliphatic rings. The number of pyridine rings is 1. The van der Waals surface area contributed by atoms with Gasteiger partial charge in [0.2, 0.25) is 0 Å². The molecule has 0 fully saturated rings. The third-order valence-corrected chi connectivity index (χ3v) is 6.99. The monoisotopic (exact) mass is 560 g/mol. The smallest absolute Gasteiger partial charge is 0.271 e. The third-order valence-electron chi connectivity index (χ3n) is 6.99. The number of benzene rings is 1. The van der Waals surface area contributed by atoms with Gasteiger partial charge in [-0.05, 0) is 50.6 Å². The van der Waals surface area contributed by atoms with Crippen LogP contribution in [0.25, 0.3) is 34.1 Å². The molecule has 6 aromatic rings. The van der Waals surface area contributed by atoms with Crippen LogP contribution in [-0.4, -0.2) is 44.8 Å². The molecule has 0 bridgehead atoms. The Bertz CT molecular complexity index is 1880. The zero-order valence-corrected chi connectivity index (χ0v) is 22.5. The molecule has 1 atom stereocenters. The number of hydrogen-bond donors (Lipinski definition) is 0. The predicted octanol–water partition coefficient (Wildman–Crippen LogP) is 6.29. The first kappa shape index (κ1) is 26.4. The van der Waals surface area contributed by atoms with Crippen LogP contribution in [0.3, 0.4) is 0 Å². The van der Waals surface area contributed by atoms with E-state index in [0.29, 0.717) is 28.4 Å². The number of fused-ring (bicyclic) bond motifs is 1. The van der Waals surface area contributed by atoms with Gasteiger partial charge in [0.05, 0.1) is 36.2 Å². The van der Waals surface area contributed by atoms with Gasteiger partial charge in [-0.1, -0.05) is 12.1 Å². The van der Waals surface area contributed by atoms with Crippen LogP contribution in [-0.2, 0) is 0 Å². The molecule has 6 rings (SSSR count). The summed E-state index contributed by atoms with van der Waals surface area (Å²) in [5.74, 6) is -3.89. The van der Waals surface area contributed by atoms with Crippen LogP contribution in [0, 0.1) is 32.4 Å². The summed E-state index contributed by atoms with van der Waals surface area (Å²) in [4.78, 5) is 13.5. The van der Waals surface area contributed by atoms with E-state index in [4.69, 9.17) is 0 Å². The standard InChI is InChI=1S/C29H24F4N8/c1-16-5-6-17(2)41(16)28-37-27-18(3)25(22(31)15-40(27)38-28)24-13-34-12-23(36-24)20-11-35-39(14-20)26(29(4,32)33)19-7-9-21(30)10-8-19/h5-15,26H,1-4H3. The van der Waals surface area contributed by atoms with Gasteiger partial charge in [0.1, 0.15) is 11.9 Å². The van der Waals surface area contributed by atoms with E-state index in [0.717, 1.165) is 35.1 Å². The second-order valence-electron chi connectivity index (χ2n) is 10.0. The van der Waals surface area contributed by atoms with Crippen molar-refractivity contribution in [1.29, 1.82) is 0 Å². The normalized spacial score (nSPS) is 12.8. The van der Waals surface area contributed by atoms with Gasteiger partial charge in [0.25, 0.3) is 11.9 Å². The third kappa shape index (κ3) is 4.64. The van der Waals surface area contributed by atoms with Crippen molar-refractivity contribution in [2.24, 2.45) is 0 Å². The molecule has 0 aliphatic carbocycles. The van der Waals surface area contributed by atoms with Crippen LogP contribution in [0.1, 0.15) is 35.5 Å². The topological polar surface area (TPSA) is 78.7 Å². The lowest BCUT2D eigenvalue weighted by Gasteiger charge is -2.24. The second-order valence-corrected chi connectivity index (χ2v) is 10.0. The molecule has 0 N–H and O–H groups in total. The van der Waals surface area contributed by atoms with Crippen LogP contribution in [0.2, 0.25) is 0 Å².